The van der Waals surface area contributed by atoms with Gasteiger partial charge in [0.1, 0.15) is 0 Å². The third kappa shape index (κ3) is 2.49. The largest absolute Gasteiger partial charge is 0.392 e. The van der Waals surface area contributed by atoms with Gasteiger partial charge in [0.2, 0.25) is 0 Å². The van der Waals surface area contributed by atoms with Crippen molar-refractivity contribution in [2.45, 2.75) is 26.5 Å². The van der Waals surface area contributed by atoms with Crippen molar-refractivity contribution in [3.8, 4) is 0 Å². The minimum absolute atomic E-state index is 0.00459. The third-order valence-corrected chi connectivity index (χ3v) is 2.60. The molecule has 5 heteroatoms. The minimum atomic E-state index is -0.460. The molecule has 5 nitrogen and oxygen atoms in total. The van der Waals surface area contributed by atoms with Crippen molar-refractivity contribution in [1.29, 1.82) is 0 Å². The summed E-state index contributed by atoms with van der Waals surface area (Å²) in [5.74, 6) is 0. The zero-order chi connectivity index (χ0) is 12.3. The Labute approximate surface area is 94.5 Å². The molecule has 0 aliphatic heterocycles. The van der Waals surface area contributed by atoms with Gasteiger partial charge in [0, 0.05) is 36.5 Å². The Morgan fingerprint density at radius 1 is 1.50 bits per heavy atom. The predicted molar refractivity (Wildman–Crippen MR) is 62.6 cm³/mol. The zero-order valence-corrected chi connectivity index (χ0v) is 9.67. The summed E-state index contributed by atoms with van der Waals surface area (Å²) in [6.07, 6.45) is 0. The van der Waals surface area contributed by atoms with Crippen LogP contribution in [0.3, 0.4) is 0 Å². The second-order valence-electron chi connectivity index (χ2n) is 3.93. The smallest absolute Gasteiger partial charge is 0.269 e. The van der Waals surface area contributed by atoms with E-state index in [1.54, 1.807) is 6.07 Å². The van der Waals surface area contributed by atoms with Crippen LogP contribution in [0.1, 0.15) is 19.4 Å². The number of rotatable bonds is 4. The predicted octanol–water partition coefficient (Wildman–Crippen LogP) is 1.93. The molecule has 0 aliphatic carbocycles. The highest BCUT2D eigenvalue weighted by Crippen LogP contribution is 2.25. The van der Waals surface area contributed by atoms with Gasteiger partial charge in [-0.2, -0.15) is 0 Å². The van der Waals surface area contributed by atoms with E-state index >= 15 is 0 Å². The van der Waals surface area contributed by atoms with Crippen LogP contribution in [0.2, 0.25) is 0 Å². The van der Waals surface area contributed by atoms with E-state index in [0.29, 0.717) is 5.56 Å². The Morgan fingerprint density at radius 2 is 2.12 bits per heavy atom. The van der Waals surface area contributed by atoms with Crippen molar-refractivity contribution in [2.24, 2.45) is 0 Å². The topological polar surface area (TPSA) is 66.6 Å². The summed E-state index contributed by atoms with van der Waals surface area (Å²) in [5.41, 5.74) is 1.40. The Kier molecular flexibility index (Phi) is 3.84. The van der Waals surface area contributed by atoms with Gasteiger partial charge in [-0.1, -0.05) is 0 Å². The maximum Gasteiger partial charge on any atom is 0.269 e. The van der Waals surface area contributed by atoms with Gasteiger partial charge in [0.25, 0.3) is 5.69 Å². The Morgan fingerprint density at radius 3 is 2.56 bits per heavy atom. The number of nitro groups is 1. The number of non-ortho nitro benzene ring substituents is 1. The van der Waals surface area contributed by atoms with Gasteiger partial charge < -0.3 is 10.0 Å². The summed E-state index contributed by atoms with van der Waals surface area (Å²) in [6.45, 7) is 3.83. The number of nitrogens with zero attached hydrogens (tertiary/aromatic N) is 2. The van der Waals surface area contributed by atoms with Crippen LogP contribution in [0.25, 0.3) is 0 Å². The van der Waals surface area contributed by atoms with E-state index in [4.69, 9.17) is 0 Å². The highest BCUT2D eigenvalue weighted by molar-refractivity contribution is 5.57. The van der Waals surface area contributed by atoms with Gasteiger partial charge in [0.05, 0.1) is 11.5 Å². The first-order chi connectivity index (χ1) is 7.47. The van der Waals surface area contributed by atoms with Crippen LogP contribution >= 0.6 is 0 Å². The molecule has 0 saturated carbocycles. The molecule has 16 heavy (non-hydrogen) atoms. The lowest BCUT2D eigenvalue weighted by atomic mass is 10.1. The normalized spacial score (nSPS) is 10.6. The zero-order valence-electron chi connectivity index (χ0n) is 9.67. The summed E-state index contributed by atoms with van der Waals surface area (Å²) in [7, 11) is 1.89. The maximum atomic E-state index is 10.6. The number of hydrogen-bond acceptors (Lipinski definition) is 4. The molecule has 88 valence electrons. The van der Waals surface area contributed by atoms with Crippen LogP contribution < -0.4 is 4.90 Å². The lowest BCUT2D eigenvalue weighted by molar-refractivity contribution is -0.384. The van der Waals surface area contributed by atoms with Crippen molar-refractivity contribution >= 4 is 11.4 Å². The van der Waals surface area contributed by atoms with E-state index in [1.807, 2.05) is 25.8 Å². The second-order valence-corrected chi connectivity index (χ2v) is 3.93. The van der Waals surface area contributed by atoms with E-state index in [1.165, 1.54) is 12.1 Å². The van der Waals surface area contributed by atoms with Crippen molar-refractivity contribution < 1.29 is 10.0 Å². The minimum Gasteiger partial charge on any atom is -0.392 e. The van der Waals surface area contributed by atoms with E-state index in [-0.39, 0.29) is 18.3 Å². The highest BCUT2D eigenvalue weighted by Gasteiger charge is 2.14. The van der Waals surface area contributed by atoms with Gasteiger partial charge in [-0.05, 0) is 19.9 Å². The molecule has 0 bridgehead atoms. The van der Waals surface area contributed by atoms with Gasteiger partial charge >= 0.3 is 0 Å². The lowest BCUT2D eigenvalue weighted by Gasteiger charge is -2.25. The number of benzene rings is 1. The fourth-order valence-corrected chi connectivity index (χ4v) is 1.43. The molecule has 0 amide bonds. The van der Waals surface area contributed by atoms with Crippen LogP contribution in [0.5, 0.6) is 0 Å². The van der Waals surface area contributed by atoms with Crippen LogP contribution in [0.4, 0.5) is 11.4 Å². The molecule has 1 aromatic rings. The van der Waals surface area contributed by atoms with Crippen LogP contribution in [-0.2, 0) is 6.61 Å². The first-order valence-corrected chi connectivity index (χ1v) is 5.08. The molecule has 1 N–H and O–H groups in total. The Bertz CT molecular complexity index is 391. The van der Waals surface area contributed by atoms with E-state index in [0.717, 1.165) is 5.69 Å². The molecule has 1 rings (SSSR count). The number of aliphatic hydroxyl groups is 1. The fraction of sp³-hybridized carbons (Fsp3) is 0.455. The molecule has 0 aliphatic rings. The van der Waals surface area contributed by atoms with Crippen LogP contribution in [0, 0.1) is 10.1 Å². The first-order valence-electron chi connectivity index (χ1n) is 5.08. The third-order valence-electron chi connectivity index (χ3n) is 2.60. The van der Waals surface area contributed by atoms with Gasteiger partial charge in [-0.3, -0.25) is 10.1 Å². The van der Waals surface area contributed by atoms with Gasteiger partial charge in [-0.15, -0.1) is 0 Å². The average Bonchev–Trinajstić information content (AvgIpc) is 2.26. The molecule has 0 atom stereocenters. The van der Waals surface area contributed by atoms with Crippen LogP contribution in [0.15, 0.2) is 18.2 Å². The van der Waals surface area contributed by atoms with Crippen molar-refractivity contribution in [3.05, 3.63) is 33.9 Å². The van der Waals surface area contributed by atoms with Gasteiger partial charge in [-0.25, -0.2) is 0 Å². The lowest BCUT2D eigenvalue weighted by Crippen LogP contribution is -2.26. The van der Waals surface area contributed by atoms with Crippen molar-refractivity contribution in [1.82, 2.24) is 0 Å². The summed E-state index contributed by atoms with van der Waals surface area (Å²) in [6, 6.07) is 4.80. The maximum absolute atomic E-state index is 10.6. The molecule has 0 heterocycles. The molecule has 1 aromatic carbocycles. The quantitative estimate of drug-likeness (QED) is 0.627. The molecule has 0 fully saturated rings. The summed E-state index contributed by atoms with van der Waals surface area (Å²) < 4.78 is 0. The van der Waals surface area contributed by atoms with E-state index < -0.39 is 4.92 Å². The molecular formula is C11H16N2O3. The second kappa shape index (κ2) is 4.94. The summed E-state index contributed by atoms with van der Waals surface area (Å²) in [4.78, 5) is 12.1. The molecular weight excluding hydrogens is 208 g/mol. The molecule has 0 unspecified atom stereocenters. The number of anilines is 1. The standard InChI is InChI=1S/C11H16N2O3/c1-8(2)12(3)11-5-4-10(13(15)16)6-9(11)7-14/h4-6,8,14H,7H2,1-3H3. The van der Waals surface area contributed by atoms with Gasteiger partial charge in [0.15, 0.2) is 0 Å². The molecule has 0 spiro atoms. The Hall–Kier alpha value is -1.62. The average molecular weight is 224 g/mol. The number of hydrogen-bond donors (Lipinski definition) is 1. The van der Waals surface area contributed by atoms with Crippen molar-refractivity contribution in [2.75, 3.05) is 11.9 Å². The molecule has 0 radical (unpaired) electrons. The summed E-state index contributed by atoms with van der Waals surface area (Å²) >= 11 is 0. The van der Waals surface area contributed by atoms with E-state index in [9.17, 15) is 15.2 Å². The first kappa shape index (κ1) is 12.4. The van der Waals surface area contributed by atoms with Crippen LogP contribution in [-0.4, -0.2) is 23.1 Å². The van der Waals surface area contributed by atoms with E-state index in [2.05, 4.69) is 0 Å². The summed E-state index contributed by atoms with van der Waals surface area (Å²) in [5, 5.41) is 19.8. The molecule has 0 aromatic heterocycles. The molecule has 0 saturated heterocycles. The monoisotopic (exact) mass is 224 g/mol. The Balaban J connectivity index is 3.16. The highest BCUT2D eigenvalue weighted by atomic mass is 16.6. The number of aliphatic hydroxyl groups excluding tert-OH is 1. The number of nitro benzene ring substituents is 1. The fourth-order valence-electron chi connectivity index (χ4n) is 1.43. The van der Waals surface area contributed by atoms with Crippen molar-refractivity contribution in [3.63, 3.8) is 0 Å². The SMILES string of the molecule is CC(C)N(C)c1ccc([N+](=O)[O-])cc1CO.